The van der Waals surface area contributed by atoms with Crippen molar-refractivity contribution in [1.82, 2.24) is 14.7 Å². The second-order valence-corrected chi connectivity index (χ2v) is 11.1. The first-order valence-electron chi connectivity index (χ1n) is 13.8. The van der Waals surface area contributed by atoms with Crippen LogP contribution in [-0.4, -0.2) is 84.3 Å². The van der Waals surface area contributed by atoms with Crippen molar-refractivity contribution in [3.63, 3.8) is 0 Å². The van der Waals surface area contributed by atoms with E-state index < -0.39 is 0 Å². The molecular formula is C30H38ClFN4O3. The van der Waals surface area contributed by atoms with Crippen LogP contribution >= 0.6 is 11.6 Å². The number of hydrogen-bond donors (Lipinski definition) is 0. The van der Waals surface area contributed by atoms with E-state index in [-0.39, 0.29) is 35.5 Å². The molecule has 2 aromatic carbocycles. The Kier molecular flexibility index (Phi) is 9.62. The van der Waals surface area contributed by atoms with Gasteiger partial charge in [0.25, 0.3) is 5.91 Å². The molecule has 2 aliphatic rings. The van der Waals surface area contributed by atoms with E-state index in [0.29, 0.717) is 56.2 Å². The minimum absolute atomic E-state index is 0.0525. The normalized spacial score (nSPS) is 18.7. The van der Waals surface area contributed by atoms with Gasteiger partial charge < -0.3 is 14.7 Å². The van der Waals surface area contributed by atoms with Crippen LogP contribution in [0.4, 0.5) is 10.1 Å². The van der Waals surface area contributed by atoms with Gasteiger partial charge in [-0.15, -0.1) is 0 Å². The fourth-order valence-electron chi connectivity index (χ4n) is 5.50. The van der Waals surface area contributed by atoms with Gasteiger partial charge in [0, 0.05) is 81.0 Å². The highest BCUT2D eigenvalue weighted by Gasteiger charge is 2.31. The summed E-state index contributed by atoms with van der Waals surface area (Å²) in [6.07, 6.45) is 2.10. The Morgan fingerprint density at radius 3 is 2.31 bits per heavy atom. The highest BCUT2D eigenvalue weighted by Crippen LogP contribution is 2.28. The predicted octanol–water partition coefficient (Wildman–Crippen LogP) is 4.62. The highest BCUT2D eigenvalue weighted by molar-refractivity contribution is 6.31. The lowest BCUT2D eigenvalue weighted by molar-refractivity contribution is -0.133. The summed E-state index contributed by atoms with van der Waals surface area (Å²) in [5.41, 5.74) is 2.26. The van der Waals surface area contributed by atoms with Gasteiger partial charge in [0.15, 0.2) is 0 Å². The molecule has 210 valence electrons. The van der Waals surface area contributed by atoms with Crippen molar-refractivity contribution in [3.8, 4) is 0 Å². The van der Waals surface area contributed by atoms with Gasteiger partial charge in [0.05, 0.1) is 0 Å². The zero-order chi connectivity index (χ0) is 28.1. The van der Waals surface area contributed by atoms with Crippen LogP contribution in [0, 0.1) is 18.7 Å². The molecule has 0 radical (unpaired) electrons. The van der Waals surface area contributed by atoms with Gasteiger partial charge >= 0.3 is 0 Å². The molecular weight excluding hydrogens is 519 g/mol. The number of piperazine rings is 1. The lowest BCUT2D eigenvalue weighted by Crippen LogP contribution is -2.54. The third-order valence-corrected chi connectivity index (χ3v) is 8.40. The number of likely N-dealkylation sites (tertiary alicyclic amines) is 1. The van der Waals surface area contributed by atoms with Gasteiger partial charge in [-0.3, -0.25) is 19.3 Å². The van der Waals surface area contributed by atoms with Gasteiger partial charge in [-0.25, -0.2) is 4.39 Å². The van der Waals surface area contributed by atoms with Crippen LogP contribution in [-0.2, 0) is 9.59 Å². The van der Waals surface area contributed by atoms with E-state index in [1.54, 1.807) is 11.8 Å². The molecule has 2 saturated heterocycles. The van der Waals surface area contributed by atoms with Crippen molar-refractivity contribution in [2.24, 2.45) is 5.92 Å². The van der Waals surface area contributed by atoms with Crippen LogP contribution in [0.1, 0.15) is 49.0 Å². The standard InChI is InChI=1S/C30H38ClFN4O3/c1-21-5-10-27(19-28(21)31)36(30(39)25-11-15-34(16-12-25)23(3)37)14-4-13-33-17-18-35(20-22(33)2)29(38)24-6-8-26(32)9-7-24/h5-10,19,22,25H,4,11-18,20H2,1-3H3. The molecule has 0 saturated carbocycles. The van der Waals surface area contributed by atoms with Gasteiger partial charge in [-0.1, -0.05) is 17.7 Å². The topological polar surface area (TPSA) is 64.2 Å². The van der Waals surface area contributed by atoms with Gasteiger partial charge in [0.2, 0.25) is 11.8 Å². The van der Waals surface area contributed by atoms with E-state index >= 15 is 0 Å². The second kappa shape index (κ2) is 12.9. The number of hydrogen-bond acceptors (Lipinski definition) is 4. The monoisotopic (exact) mass is 556 g/mol. The third-order valence-electron chi connectivity index (χ3n) is 7.99. The smallest absolute Gasteiger partial charge is 0.253 e. The Morgan fingerprint density at radius 1 is 1.00 bits per heavy atom. The third kappa shape index (κ3) is 7.17. The summed E-state index contributed by atoms with van der Waals surface area (Å²) in [6, 6.07) is 11.6. The second-order valence-electron chi connectivity index (χ2n) is 10.7. The number of anilines is 1. The van der Waals surface area contributed by atoms with Crippen LogP contribution in [0.15, 0.2) is 42.5 Å². The first-order valence-corrected chi connectivity index (χ1v) is 14.1. The average Bonchev–Trinajstić information content (AvgIpc) is 2.93. The lowest BCUT2D eigenvalue weighted by Gasteiger charge is -2.40. The molecule has 0 N–H and O–H groups in total. The van der Waals surface area contributed by atoms with Crippen molar-refractivity contribution in [2.45, 2.75) is 46.1 Å². The van der Waals surface area contributed by atoms with E-state index in [1.807, 2.05) is 34.9 Å². The summed E-state index contributed by atoms with van der Waals surface area (Å²) >= 11 is 6.43. The van der Waals surface area contributed by atoms with E-state index in [1.165, 1.54) is 24.3 Å². The molecule has 1 atom stereocenters. The van der Waals surface area contributed by atoms with Gasteiger partial charge in [-0.2, -0.15) is 0 Å². The maximum absolute atomic E-state index is 13.7. The summed E-state index contributed by atoms with van der Waals surface area (Å²) < 4.78 is 13.2. The summed E-state index contributed by atoms with van der Waals surface area (Å²) in [7, 11) is 0. The molecule has 1 unspecified atom stereocenters. The van der Waals surface area contributed by atoms with Crippen molar-refractivity contribution in [2.75, 3.05) is 50.7 Å². The molecule has 2 fully saturated rings. The number of piperidine rings is 1. The van der Waals surface area contributed by atoms with Crippen LogP contribution in [0.3, 0.4) is 0 Å². The number of carbonyl (C=O) groups is 3. The molecule has 3 amide bonds. The van der Waals surface area contributed by atoms with E-state index in [9.17, 15) is 18.8 Å². The molecule has 0 bridgehead atoms. The molecule has 0 aromatic heterocycles. The number of halogens is 2. The van der Waals surface area contributed by atoms with Crippen LogP contribution in [0.25, 0.3) is 0 Å². The van der Waals surface area contributed by atoms with Crippen molar-refractivity contribution in [1.29, 1.82) is 0 Å². The number of benzene rings is 2. The van der Waals surface area contributed by atoms with Gasteiger partial charge in [-0.05, 0) is 75.1 Å². The van der Waals surface area contributed by atoms with E-state index in [2.05, 4.69) is 11.8 Å². The average molecular weight is 557 g/mol. The van der Waals surface area contributed by atoms with Crippen LogP contribution in [0.5, 0.6) is 0 Å². The Bertz CT molecular complexity index is 1180. The summed E-state index contributed by atoms with van der Waals surface area (Å²) in [4.78, 5) is 46.1. The minimum Gasteiger partial charge on any atom is -0.343 e. The summed E-state index contributed by atoms with van der Waals surface area (Å²) in [5, 5.41) is 0.632. The van der Waals surface area contributed by atoms with Crippen molar-refractivity contribution < 1.29 is 18.8 Å². The fraction of sp³-hybridized carbons (Fsp3) is 0.500. The van der Waals surface area contributed by atoms with Crippen molar-refractivity contribution >= 4 is 35.0 Å². The zero-order valence-electron chi connectivity index (χ0n) is 23.0. The molecule has 2 aromatic rings. The first kappa shape index (κ1) is 29.0. The maximum atomic E-state index is 13.7. The number of nitrogens with zero attached hydrogens (tertiary/aromatic N) is 4. The molecule has 39 heavy (non-hydrogen) atoms. The molecule has 7 nitrogen and oxygen atoms in total. The SMILES string of the molecule is CC(=O)N1CCC(C(=O)N(CCCN2CCN(C(=O)c3ccc(F)cc3)CC2C)c2ccc(C)c(Cl)c2)CC1. The molecule has 9 heteroatoms. The largest absolute Gasteiger partial charge is 0.343 e. The number of amides is 3. The molecule has 4 rings (SSSR count). The van der Waals surface area contributed by atoms with E-state index in [0.717, 1.165) is 30.8 Å². The van der Waals surface area contributed by atoms with E-state index in [4.69, 9.17) is 11.6 Å². The molecule has 0 spiro atoms. The van der Waals surface area contributed by atoms with Crippen LogP contribution in [0.2, 0.25) is 5.02 Å². The summed E-state index contributed by atoms with van der Waals surface area (Å²) in [6.45, 7) is 10.1. The highest BCUT2D eigenvalue weighted by atomic mass is 35.5. The number of aryl methyl sites for hydroxylation is 1. The Morgan fingerprint density at radius 2 is 1.69 bits per heavy atom. The van der Waals surface area contributed by atoms with Crippen LogP contribution < -0.4 is 4.90 Å². The van der Waals surface area contributed by atoms with Gasteiger partial charge in [0.1, 0.15) is 5.82 Å². The Labute approximate surface area is 235 Å². The fourth-order valence-corrected chi connectivity index (χ4v) is 5.67. The molecule has 0 aliphatic carbocycles. The first-order chi connectivity index (χ1) is 18.6. The number of rotatable bonds is 7. The Hall–Kier alpha value is -2.97. The minimum atomic E-state index is -0.355. The summed E-state index contributed by atoms with van der Waals surface area (Å²) in [5.74, 6) is -0.421. The lowest BCUT2D eigenvalue weighted by atomic mass is 9.94. The molecule has 2 aliphatic heterocycles. The zero-order valence-corrected chi connectivity index (χ0v) is 23.8. The predicted molar refractivity (Wildman–Crippen MR) is 151 cm³/mol. The number of carbonyl (C=O) groups excluding carboxylic acids is 3. The quantitative estimate of drug-likeness (QED) is 0.499. The maximum Gasteiger partial charge on any atom is 0.253 e. The molecule has 2 heterocycles. The Balaban J connectivity index is 1.36. The van der Waals surface area contributed by atoms with Crippen molar-refractivity contribution in [3.05, 3.63) is 64.4 Å².